The van der Waals surface area contributed by atoms with Crippen LogP contribution in [0.2, 0.25) is 4.34 Å². The van der Waals surface area contributed by atoms with E-state index >= 15 is 0 Å². The van der Waals surface area contributed by atoms with Crippen LogP contribution in [-0.4, -0.2) is 25.9 Å². The van der Waals surface area contributed by atoms with Crippen LogP contribution in [0.25, 0.3) is 0 Å². The van der Waals surface area contributed by atoms with Crippen molar-refractivity contribution in [1.29, 1.82) is 0 Å². The van der Waals surface area contributed by atoms with E-state index in [1.54, 1.807) is 0 Å². The Morgan fingerprint density at radius 2 is 2.14 bits per heavy atom. The Kier molecular flexibility index (Phi) is 3.91. The molecule has 0 saturated carbocycles. The Bertz CT molecular complexity index is 797. The van der Waals surface area contributed by atoms with Gasteiger partial charge in [-0.2, -0.15) is 0 Å². The van der Waals surface area contributed by atoms with Gasteiger partial charge in [0.25, 0.3) is 15.9 Å². The van der Waals surface area contributed by atoms with Gasteiger partial charge in [0.05, 0.1) is 10.0 Å². The van der Waals surface area contributed by atoms with Crippen LogP contribution in [0.5, 0.6) is 0 Å². The zero-order chi connectivity index (χ0) is 15.0. The first-order valence-electron chi connectivity index (χ1n) is 6.02. The number of nitrogens with one attached hydrogen (secondary N) is 2. The number of carbonyl (C=O) groups excluding carboxylic acids is 1. The Balaban J connectivity index is 1.89. The third-order valence-corrected chi connectivity index (χ3v) is 7.02. The summed E-state index contributed by atoms with van der Waals surface area (Å²) in [4.78, 5) is 16.5. The van der Waals surface area contributed by atoms with Gasteiger partial charge in [-0.3, -0.25) is 9.52 Å². The van der Waals surface area contributed by atoms with Gasteiger partial charge in [-0.05, 0) is 25.0 Å². The van der Waals surface area contributed by atoms with E-state index in [0.29, 0.717) is 27.9 Å². The molecule has 0 radical (unpaired) electrons. The molecule has 2 aromatic rings. The van der Waals surface area contributed by atoms with Crippen LogP contribution in [0.3, 0.4) is 0 Å². The van der Waals surface area contributed by atoms with Crippen molar-refractivity contribution in [3.05, 3.63) is 27.0 Å². The van der Waals surface area contributed by atoms with Crippen LogP contribution < -0.4 is 10.0 Å². The molecule has 0 spiro atoms. The molecule has 1 amide bonds. The normalized spacial score (nSPS) is 15.2. The molecule has 0 aromatic carbocycles. The molecule has 3 heterocycles. The van der Waals surface area contributed by atoms with Gasteiger partial charge < -0.3 is 5.32 Å². The van der Waals surface area contributed by atoms with Gasteiger partial charge in [-0.25, -0.2) is 13.4 Å². The van der Waals surface area contributed by atoms with Crippen LogP contribution in [-0.2, 0) is 16.4 Å². The van der Waals surface area contributed by atoms with Gasteiger partial charge in [0.1, 0.15) is 9.09 Å². The summed E-state index contributed by atoms with van der Waals surface area (Å²) in [5.41, 5.74) is 0.636. The Labute approximate surface area is 134 Å². The second kappa shape index (κ2) is 5.56. The van der Waals surface area contributed by atoms with E-state index in [1.807, 2.05) is 0 Å². The van der Waals surface area contributed by atoms with Gasteiger partial charge in [-0.15, -0.1) is 11.3 Å². The average Bonchev–Trinajstić information content (AvgIpc) is 2.97. The van der Waals surface area contributed by atoms with Crippen molar-refractivity contribution >= 4 is 55.3 Å². The Hall–Kier alpha value is -1.16. The fourth-order valence-corrected chi connectivity index (χ4v) is 5.53. The zero-order valence-electron chi connectivity index (χ0n) is 10.6. The van der Waals surface area contributed by atoms with Crippen LogP contribution >= 0.6 is 34.3 Å². The molecule has 112 valence electrons. The minimum atomic E-state index is -3.72. The van der Waals surface area contributed by atoms with Crippen molar-refractivity contribution in [2.45, 2.75) is 17.1 Å². The highest BCUT2D eigenvalue weighted by Gasteiger charge is 2.24. The first-order chi connectivity index (χ1) is 9.95. The van der Waals surface area contributed by atoms with Crippen molar-refractivity contribution in [3.8, 4) is 0 Å². The molecule has 0 bridgehead atoms. The highest BCUT2D eigenvalue weighted by Crippen LogP contribution is 2.30. The number of hydrogen-bond acceptors (Lipinski definition) is 6. The number of rotatable bonds is 3. The summed E-state index contributed by atoms with van der Waals surface area (Å²) in [7, 11) is -3.72. The van der Waals surface area contributed by atoms with Gasteiger partial charge in [0.2, 0.25) is 0 Å². The summed E-state index contributed by atoms with van der Waals surface area (Å²) in [6.07, 6.45) is 1.44. The maximum absolute atomic E-state index is 12.2. The van der Waals surface area contributed by atoms with E-state index in [2.05, 4.69) is 15.0 Å². The van der Waals surface area contributed by atoms with Crippen molar-refractivity contribution in [1.82, 2.24) is 10.3 Å². The lowest BCUT2D eigenvalue weighted by atomic mass is 10.2. The molecule has 3 rings (SSSR count). The van der Waals surface area contributed by atoms with Crippen molar-refractivity contribution < 1.29 is 13.2 Å². The molecular formula is C11H10ClN3O3S3. The third-order valence-electron chi connectivity index (χ3n) is 2.81. The highest BCUT2D eigenvalue weighted by molar-refractivity contribution is 7.94. The van der Waals surface area contributed by atoms with E-state index in [4.69, 9.17) is 11.6 Å². The van der Waals surface area contributed by atoms with E-state index in [9.17, 15) is 13.2 Å². The maximum atomic E-state index is 12.2. The standard InChI is InChI=1S/C11H10ClN3O3S3/c12-7-3-4-8(19-7)21(17,18)15-11-14-6-2-1-5-13-10(16)9(6)20-11/h3-4H,1-2,5H2,(H,13,16)(H,14,15). The summed E-state index contributed by atoms with van der Waals surface area (Å²) in [6.45, 7) is 0.608. The molecule has 21 heavy (non-hydrogen) atoms. The van der Waals surface area contributed by atoms with E-state index in [0.717, 1.165) is 29.1 Å². The van der Waals surface area contributed by atoms with E-state index in [1.165, 1.54) is 12.1 Å². The number of aryl methyl sites for hydroxylation is 1. The number of carbonyl (C=O) groups is 1. The average molecular weight is 364 g/mol. The number of halogens is 1. The third kappa shape index (κ3) is 3.05. The number of fused-ring (bicyclic) bond motifs is 1. The maximum Gasteiger partial charge on any atom is 0.273 e. The van der Waals surface area contributed by atoms with Crippen LogP contribution in [0, 0.1) is 0 Å². The minimum Gasteiger partial charge on any atom is -0.351 e. The topological polar surface area (TPSA) is 88.2 Å². The molecule has 6 nitrogen and oxygen atoms in total. The molecule has 1 aliphatic heterocycles. The number of thiazole rings is 1. The number of amides is 1. The number of nitrogens with zero attached hydrogens (tertiary/aromatic N) is 1. The smallest absolute Gasteiger partial charge is 0.273 e. The number of sulfonamides is 1. The summed E-state index contributed by atoms with van der Waals surface area (Å²) in [5, 5.41) is 2.95. The van der Waals surface area contributed by atoms with E-state index in [-0.39, 0.29) is 15.2 Å². The lowest BCUT2D eigenvalue weighted by Gasteiger charge is -2.02. The first-order valence-corrected chi connectivity index (χ1v) is 9.51. The van der Waals surface area contributed by atoms with Crippen LogP contribution in [0.4, 0.5) is 5.13 Å². The molecule has 2 aromatic heterocycles. The lowest BCUT2D eigenvalue weighted by molar-refractivity contribution is 0.0960. The zero-order valence-corrected chi connectivity index (χ0v) is 13.8. The van der Waals surface area contributed by atoms with Crippen LogP contribution in [0.1, 0.15) is 21.8 Å². The van der Waals surface area contributed by atoms with Gasteiger partial charge in [0, 0.05) is 6.54 Å². The van der Waals surface area contributed by atoms with Crippen molar-refractivity contribution in [2.24, 2.45) is 0 Å². The van der Waals surface area contributed by atoms with Gasteiger partial charge in [-0.1, -0.05) is 22.9 Å². The minimum absolute atomic E-state index is 0.113. The molecule has 10 heteroatoms. The molecule has 0 saturated heterocycles. The Morgan fingerprint density at radius 1 is 1.33 bits per heavy atom. The molecule has 1 aliphatic rings. The molecule has 0 atom stereocenters. The fraction of sp³-hybridized carbons (Fsp3) is 0.273. The number of hydrogen-bond donors (Lipinski definition) is 2. The first kappa shape index (κ1) is 14.8. The lowest BCUT2D eigenvalue weighted by Crippen LogP contribution is -2.21. The number of aromatic nitrogens is 1. The molecule has 0 aliphatic carbocycles. The summed E-state index contributed by atoms with van der Waals surface area (Å²) in [6, 6.07) is 2.95. The Morgan fingerprint density at radius 3 is 2.86 bits per heavy atom. The second-order valence-corrected chi connectivity index (χ2v) is 8.94. The number of thiophene rings is 1. The predicted molar refractivity (Wildman–Crippen MR) is 82.9 cm³/mol. The van der Waals surface area contributed by atoms with Crippen LogP contribution in [0.15, 0.2) is 16.3 Å². The van der Waals surface area contributed by atoms with Crippen molar-refractivity contribution in [2.75, 3.05) is 11.3 Å². The summed E-state index contributed by atoms with van der Waals surface area (Å²) in [5.74, 6) is -0.204. The van der Waals surface area contributed by atoms with Crippen molar-refractivity contribution in [3.63, 3.8) is 0 Å². The fourth-order valence-electron chi connectivity index (χ4n) is 1.89. The quantitative estimate of drug-likeness (QED) is 0.876. The molecule has 2 N–H and O–H groups in total. The second-order valence-electron chi connectivity index (χ2n) is 4.32. The number of anilines is 1. The molecular weight excluding hydrogens is 354 g/mol. The van der Waals surface area contributed by atoms with Gasteiger partial charge in [0.15, 0.2) is 5.13 Å². The van der Waals surface area contributed by atoms with E-state index < -0.39 is 10.0 Å². The monoisotopic (exact) mass is 363 g/mol. The molecule has 0 unspecified atom stereocenters. The van der Waals surface area contributed by atoms with Gasteiger partial charge >= 0.3 is 0 Å². The predicted octanol–water partition coefficient (Wildman–Crippen LogP) is 2.33. The summed E-state index contributed by atoms with van der Waals surface area (Å²) >= 11 is 7.76. The largest absolute Gasteiger partial charge is 0.351 e. The summed E-state index contributed by atoms with van der Waals surface area (Å²) < 4.78 is 27.3. The molecule has 0 fully saturated rings. The SMILES string of the molecule is O=C1NCCCc2nc(NS(=O)(=O)c3ccc(Cl)s3)sc21. The highest BCUT2D eigenvalue weighted by atomic mass is 35.5.